The second kappa shape index (κ2) is 4.86. The molecule has 0 amide bonds. The number of nitrogens with two attached hydrogens (primary N) is 1. The van der Waals surface area contributed by atoms with Crippen LogP contribution < -0.4 is 15.2 Å². The van der Waals surface area contributed by atoms with Gasteiger partial charge in [-0.2, -0.15) is 0 Å². The fourth-order valence-corrected chi connectivity index (χ4v) is 1.38. The number of methoxy groups -OCH3 is 1. The molecule has 1 aromatic rings. The van der Waals surface area contributed by atoms with E-state index in [0.717, 1.165) is 17.1 Å². The normalized spacial score (nSPS) is 12.3. The molecule has 0 aliphatic heterocycles. The Morgan fingerprint density at radius 1 is 1.43 bits per heavy atom. The van der Waals surface area contributed by atoms with Crippen molar-refractivity contribution in [2.75, 3.05) is 13.7 Å². The van der Waals surface area contributed by atoms with E-state index in [1.54, 1.807) is 7.11 Å². The molecule has 0 heterocycles. The molecule has 0 radical (unpaired) electrons. The minimum atomic E-state index is -0.0506. The standard InChI is InChI=1S/C11H17NO2/c1-4-14-10-7-5-6-9(8(2)12)11(10)13-3/h5-8H,4,12H2,1-3H3/t8-/m1/s1. The van der Waals surface area contributed by atoms with Gasteiger partial charge in [0.1, 0.15) is 0 Å². The van der Waals surface area contributed by atoms with E-state index in [1.165, 1.54) is 0 Å². The highest BCUT2D eigenvalue weighted by Gasteiger charge is 2.12. The quantitative estimate of drug-likeness (QED) is 0.800. The molecule has 3 heteroatoms. The molecule has 0 saturated heterocycles. The Balaban J connectivity index is 3.11. The van der Waals surface area contributed by atoms with Crippen molar-refractivity contribution in [2.24, 2.45) is 5.73 Å². The van der Waals surface area contributed by atoms with Crippen LogP contribution in [0.15, 0.2) is 18.2 Å². The van der Waals surface area contributed by atoms with Gasteiger partial charge in [0.25, 0.3) is 0 Å². The van der Waals surface area contributed by atoms with Gasteiger partial charge in [0.2, 0.25) is 0 Å². The Morgan fingerprint density at radius 3 is 2.64 bits per heavy atom. The summed E-state index contributed by atoms with van der Waals surface area (Å²) < 4.78 is 10.7. The summed E-state index contributed by atoms with van der Waals surface area (Å²) in [7, 11) is 1.63. The monoisotopic (exact) mass is 195 g/mol. The number of hydrogen-bond acceptors (Lipinski definition) is 3. The Labute approximate surface area is 84.8 Å². The summed E-state index contributed by atoms with van der Waals surface area (Å²) in [5.41, 5.74) is 6.79. The van der Waals surface area contributed by atoms with Gasteiger partial charge in [-0.25, -0.2) is 0 Å². The minimum Gasteiger partial charge on any atom is -0.493 e. The Kier molecular flexibility index (Phi) is 3.77. The molecule has 0 saturated carbocycles. The first-order chi connectivity index (χ1) is 6.70. The molecule has 1 atom stereocenters. The predicted molar refractivity (Wildman–Crippen MR) is 56.8 cm³/mol. The van der Waals surface area contributed by atoms with E-state index in [0.29, 0.717) is 6.61 Å². The first kappa shape index (κ1) is 10.9. The zero-order valence-electron chi connectivity index (χ0n) is 8.91. The summed E-state index contributed by atoms with van der Waals surface area (Å²) >= 11 is 0. The van der Waals surface area contributed by atoms with Crippen LogP contribution in [0.4, 0.5) is 0 Å². The van der Waals surface area contributed by atoms with Crippen LogP contribution in [0.5, 0.6) is 11.5 Å². The lowest BCUT2D eigenvalue weighted by Crippen LogP contribution is -2.08. The van der Waals surface area contributed by atoms with E-state index in [1.807, 2.05) is 32.0 Å². The van der Waals surface area contributed by atoms with E-state index in [-0.39, 0.29) is 6.04 Å². The van der Waals surface area contributed by atoms with Gasteiger partial charge in [0, 0.05) is 11.6 Å². The largest absolute Gasteiger partial charge is 0.493 e. The van der Waals surface area contributed by atoms with Crippen LogP contribution in [0.1, 0.15) is 25.5 Å². The van der Waals surface area contributed by atoms with Crippen molar-refractivity contribution in [3.05, 3.63) is 23.8 Å². The molecule has 3 nitrogen and oxygen atoms in total. The third-order valence-corrected chi connectivity index (χ3v) is 2.00. The van der Waals surface area contributed by atoms with E-state index in [9.17, 15) is 0 Å². The van der Waals surface area contributed by atoms with Crippen LogP contribution in [0.3, 0.4) is 0 Å². The first-order valence-corrected chi connectivity index (χ1v) is 4.76. The molecule has 0 bridgehead atoms. The number of benzene rings is 1. The lowest BCUT2D eigenvalue weighted by atomic mass is 10.1. The fourth-order valence-electron chi connectivity index (χ4n) is 1.38. The molecule has 14 heavy (non-hydrogen) atoms. The summed E-state index contributed by atoms with van der Waals surface area (Å²) in [5.74, 6) is 1.49. The molecule has 2 N–H and O–H groups in total. The second-order valence-corrected chi connectivity index (χ2v) is 3.10. The molecule has 1 rings (SSSR count). The van der Waals surface area contributed by atoms with Crippen LogP contribution >= 0.6 is 0 Å². The number of para-hydroxylation sites is 1. The maximum atomic E-state index is 5.82. The number of ether oxygens (including phenoxy) is 2. The summed E-state index contributed by atoms with van der Waals surface area (Å²) in [4.78, 5) is 0. The van der Waals surface area contributed by atoms with Crippen molar-refractivity contribution in [3.8, 4) is 11.5 Å². The van der Waals surface area contributed by atoms with Crippen molar-refractivity contribution in [3.63, 3.8) is 0 Å². The van der Waals surface area contributed by atoms with Crippen LogP contribution in [0, 0.1) is 0 Å². The zero-order chi connectivity index (χ0) is 10.6. The molecule has 1 aromatic carbocycles. The van der Waals surface area contributed by atoms with Crippen LogP contribution in [-0.4, -0.2) is 13.7 Å². The van der Waals surface area contributed by atoms with E-state index >= 15 is 0 Å². The van der Waals surface area contributed by atoms with Crippen molar-refractivity contribution < 1.29 is 9.47 Å². The molecule has 0 spiro atoms. The maximum Gasteiger partial charge on any atom is 0.165 e. The van der Waals surface area contributed by atoms with Gasteiger partial charge < -0.3 is 15.2 Å². The first-order valence-electron chi connectivity index (χ1n) is 4.76. The Bertz CT molecular complexity index is 297. The summed E-state index contributed by atoms with van der Waals surface area (Å²) in [6, 6.07) is 5.71. The van der Waals surface area contributed by atoms with Crippen LogP contribution in [0.2, 0.25) is 0 Å². The highest BCUT2D eigenvalue weighted by Crippen LogP contribution is 2.33. The average Bonchev–Trinajstić information content (AvgIpc) is 2.18. The molecule has 0 aliphatic carbocycles. The number of rotatable bonds is 4. The second-order valence-electron chi connectivity index (χ2n) is 3.10. The smallest absolute Gasteiger partial charge is 0.165 e. The van der Waals surface area contributed by atoms with E-state index < -0.39 is 0 Å². The van der Waals surface area contributed by atoms with Crippen molar-refractivity contribution in [1.82, 2.24) is 0 Å². The van der Waals surface area contributed by atoms with Crippen molar-refractivity contribution in [2.45, 2.75) is 19.9 Å². The van der Waals surface area contributed by atoms with Crippen molar-refractivity contribution >= 4 is 0 Å². The molecular weight excluding hydrogens is 178 g/mol. The third-order valence-electron chi connectivity index (χ3n) is 2.00. The van der Waals surface area contributed by atoms with Gasteiger partial charge >= 0.3 is 0 Å². The Morgan fingerprint density at radius 2 is 2.14 bits per heavy atom. The van der Waals surface area contributed by atoms with Crippen LogP contribution in [-0.2, 0) is 0 Å². The van der Waals surface area contributed by atoms with Gasteiger partial charge in [-0.3, -0.25) is 0 Å². The molecule has 78 valence electrons. The predicted octanol–water partition coefficient (Wildman–Crippen LogP) is 2.11. The minimum absolute atomic E-state index is 0.0506. The molecule has 0 unspecified atom stereocenters. The van der Waals surface area contributed by atoms with Crippen LogP contribution in [0.25, 0.3) is 0 Å². The van der Waals surface area contributed by atoms with Gasteiger partial charge in [-0.15, -0.1) is 0 Å². The van der Waals surface area contributed by atoms with Gasteiger partial charge in [-0.1, -0.05) is 12.1 Å². The lowest BCUT2D eigenvalue weighted by molar-refractivity contribution is 0.308. The highest BCUT2D eigenvalue weighted by molar-refractivity contribution is 5.47. The fraction of sp³-hybridized carbons (Fsp3) is 0.455. The van der Waals surface area contributed by atoms with Gasteiger partial charge in [0.05, 0.1) is 13.7 Å². The zero-order valence-corrected chi connectivity index (χ0v) is 8.91. The average molecular weight is 195 g/mol. The third kappa shape index (κ3) is 2.17. The Hall–Kier alpha value is -1.22. The SMILES string of the molecule is CCOc1cccc([C@@H](C)N)c1OC. The summed E-state index contributed by atoms with van der Waals surface area (Å²) in [6.07, 6.45) is 0. The molecule has 0 aliphatic rings. The molecule has 0 fully saturated rings. The molecular formula is C11H17NO2. The summed E-state index contributed by atoms with van der Waals surface area (Å²) in [6.45, 7) is 4.49. The van der Waals surface area contributed by atoms with Gasteiger partial charge in [-0.05, 0) is 19.9 Å². The molecule has 0 aromatic heterocycles. The highest BCUT2D eigenvalue weighted by atomic mass is 16.5. The van der Waals surface area contributed by atoms with Gasteiger partial charge in [0.15, 0.2) is 11.5 Å². The lowest BCUT2D eigenvalue weighted by Gasteiger charge is -2.15. The van der Waals surface area contributed by atoms with E-state index in [2.05, 4.69) is 0 Å². The summed E-state index contributed by atoms with van der Waals surface area (Å²) in [5, 5.41) is 0. The topological polar surface area (TPSA) is 44.5 Å². The number of hydrogen-bond donors (Lipinski definition) is 1. The van der Waals surface area contributed by atoms with E-state index in [4.69, 9.17) is 15.2 Å². The maximum absolute atomic E-state index is 5.82. The van der Waals surface area contributed by atoms with Crippen molar-refractivity contribution in [1.29, 1.82) is 0 Å².